The lowest BCUT2D eigenvalue weighted by atomic mass is 9.91. The lowest BCUT2D eigenvalue weighted by molar-refractivity contribution is -0.141. The van der Waals surface area contributed by atoms with Gasteiger partial charge in [0, 0.05) is 17.8 Å². The van der Waals surface area contributed by atoms with Gasteiger partial charge in [0.15, 0.2) is 0 Å². The Hall–Kier alpha value is -1.51. The minimum Gasteiger partial charge on any atom is -0.481 e. The first kappa shape index (κ1) is 13.5. The van der Waals surface area contributed by atoms with Crippen LogP contribution in [0.5, 0.6) is 0 Å². The Morgan fingerprint density at radius 3 is 2.65 bits per heavy atom. The second-order valence-corrected chi connectivity index (χ2v) is 6.23. The highest BCUT2D eigenvalue weighted by Crippen LogP contribution is 2.40. The summed E-state index contributed by atoms with van der Waals surface area (Å²) in [6.07, 6.45) is 7.16. The molecule has 0 amide bonds. The van der Waals surface area contributed by atoms with Crippen LogP contribution in [-0.4, -0.2) is 23.2 Å². The Morgan fingerprint density at radius 1 is 1.25 bits per heavy atom. The molecule has 1 saturated carbocycles. The average molecular weight is 273 g/mol. The van der Waals surface area contributed by atoms with Gasteiger partial charge < -0.3 is 10.0 Å². The van der Waals surface area contributed by atoms with Crippen LogP contribution in [-0.2, 0) is 11.2 Å². The molecule has 1 aliphatic carbocycles. The number of rotatable bonds is 3. The van der Waals surface area contributed by atoms with Gasteiger partial charge in [-0.2, -0.15) is 0 Å². The van der Waals surface area contributed by atoms with Crippen molar-refractivity contribution in [3.05, 3.63) is 29.8 Å². The number of aliphatic carboxylic acids is 1. The number of benzene rings is 1. The van der Waals surface area contributed by atoms with E-state index in [1.807, 2.05) is 6.92 Å². The lowest BCUT2D eigenvalue weighted by Gasteiger charge is -2.39. The number of nitrogens with zero attached hydrogens (tertiary/aromatic N) is 1. The van der Waals surface area contributed by atoms with Crippen molar-refractivity contribution in [3.8, 4) is 0 Å². The van der Waals surface area contributed by atoms with Gasteiger partial charge in [-0.05, 0) is 37.8 Å². The fourth-order valence-corrected chi connectivity index (χ4v) is 3.85. The molecule has 108 valence electrons. The zero-order valence-electron chi connectivity index (χ0n) is 12.1. The van der Waals surface area contributed by atoms with Crippen LogP contribution in [0.25, 0.3) is 0 Å². The van der Waals surface area contributed by atoms with Gasteiger partial charge in [0.2, 0.25) is 0 Å². The summed E-state index contributed by atoms with van der Waals surface area (Å²) in [4.78, 5) is 13.9. The molecule has 2 atom stereocenters. The summed E-state index contributed by atoms with van der Waals surface area (Å²) in [5.41, 5.74) is 2.59. The minimum atomic E-state index is -0.677. The Bertz CT molecular complexity index is 494. The summed E-state index contributed by atoms with van der Waals surface area (Å²) in [6, 6.07) is 9.10. The second-order valence-electron chi connectivity index (χ2n) is 6.23. The molecule has 3 nitrogen and oxygen atoms in total. The van der Waals surface area contributed by atoms with Crippen molar-refractivity contribution >= 4 is 11.7 Å². The third kappa shape index (κ3) is 2.30. The normalized spacial score (nSPS) is 24.4. The topological polar surface area (TPSA) is 40.5 Å². The van der Waals surface area contributed by atoms with Crippen LogP contribution < -0.4 is 4.90 Å². The zero-order chi connectivity index (χ0) is 14.1. The summed E-state index contributed by atoms with van der Waals surface area (Å²) in [7, 11) is 0. The molecule has 0 spiro atoms. The summed E-state index contributed by atoms with van der Waals surface area (Å²) >= 11 is 0. The Kier molecular flexibility index (Phi) is 3.68. The number of para-hydroxylation sites is 1. The Labute approximate surface area is 120 Å². The number of carboxylic acid groups (broad SMARTS) is 1. The summed E-state index contributed by atoms with van der Waals surface area (Å²) < 4.78 is 0. The highest BCUT2D eigenvalue weighted by molar-refractivity contribution is 5.73. The third-order valence-corrected chi connectivity index (χ3v) is 4.99. The molecule has 20 heavy (non-hydrogen) atoms. The number of fused-ring (bicyclic) bond motifs is 1. The highest BCUT2D eigenvalue weighted by atomic mass is 16.4. The number of anilines is 1. The molecular weight excluding hydrogens is 250 g/mol. The van der Waals surface area contributed by atoms with Crippen LogP contribution in [0.1, 0.15) is 44.6 Å². The smallest absolute Gasteiger partial charge is 0.308 e. The molecule has 3 heteroatoms. The van der Waals surface area contributed by atoms with E-state index in [4.69, 9.17) is 0 Å². The molecule has 1 heterocycles. The van der Waals surface area contributed by atoms with E-state index in [1.165, 1.54) is 43.4 Å². The maximum atomic E-state index is 11.4. The number of carboxylic acids is 1. The molecule has 2 aliphatic rings. The van der Waals surface area contributed by atoms with Gasteiger partial charge in [-0.1, -0.05) is 37.5 Å². The maximum absolute atomic E-state index is 11.4. The van der Waals surface area contributed by atoms with E-state index in [2.05, 4.69) is 29.2 Å². The minimum absolute atomic E-state index is 0.119. The molecule has 3 rings (SSSR count). The summed E-state index contributed by atoms with van der Waals surface area (Å²) in [6.45, 7) is 1.86. The molecule has 1 aromatic rings. The molecular formula is C17H23NO2. The lowest BCUT2D eigenvalue weighted by Crippen LogP contribution is -2.47. The van der Waals surface area contributed by atoms with E-state index in [0.717, 1.165) is 6.42 Å². The van der Waals surface area contributed by atoms with Crippen molar-refractivity contribution in [1.29, 1.82) is 0 Å². The summed E-state index contributed by atoms with van der Waals surface area (Å²) in [5, 5.41) is 9.41. The van der Waals surface area contributed by atoms with Crippen molar-refractivity contribution in [1.82, 2.24) is 0 Å². The van der Waals surface area contributed by atoms with Gasteiger partial charge in [0.25, 0.3) is 0 Å². The number of hydrogen-bond donors (Lipinski definition) is 1. The largest absolute Gasteiger partial charge is 0.481 e. The van der Waals surface area contributed by atoms with Crippen molar-refractivity contribution in [2.24, 2.45) is 5.92 Å². The molecule has 0 bridgehead atoms. The number of hydrogen-bond acceptors (Lipinski definition) is 2. The Morgan fingerprint density at radius 2 is 1.95 bits per heavy atom. The van der Waals surface area contributed by atoms with Crippen molar-refractivity contribution in [2.75, 3.05) is 4.90 Å². The molecule has 1 N–H and O–H groups in total. The molecule has 0 saturated heterocycles. The van der Waals surface area contributed by atoms with Gasteiger partial charge in [0.1, 0.15) is 0 Å². The molecule has 1 aliphatic heterocycles. The first-order valence-corrected chi connectivity index (χ1v) is 7.77. The quantitative estimate of drug-likeness (QED) is 0.916. The molecule has 1 fully saturated rings. The molecule has 0 aromatic heterocycles. The van der Waals surface area contributed by atoms with Crippen LogP contribution in [0.4, 0.5) is 5.69 Å². The van der Waals surface area contributed by atoms with Gasteiger partial charge in [-0.3, -0.25) is 4.79 Å². The van der Waals surface area contributed by atoms with Crippen LogP contribution in [0.15, 0.2) is 24.3 Å². The van der Waals surface area contributed by atoms with E-state index in [1.54, 1.807) is 0 Å². The van der Waals surface area contributed by atoms with Crippen molar-refractivity contribution in [2.45, 2.75) is 57.5 Å². The monoisotopic (exact) mass is 273 g/mol. The van der Waals surface area contributed by atoms with E-state index < -0.39 is 5.97 Å². The maximum Gasteiger partial charge on any atom is 0.308 e. The zero-order valence-corrected chi connectivity index (χ0v) is 12.1. The summed E-state index contributed by atoms with van der Waals surface area (Å²) in [5.74, 6) is -0.993. The van der Waals surface area contributed by atoms with Crippen LogP contribution in [0.3, 0.4) is 0 Å². The second kappa shape index (κ2) is 5.47. The fraction of sp³-hybridized carbons (Fsp3) is 0.588. The van der Waals surface area contributed by atoms with E-state index in [-0.39, 0.29) is 12.0 Å². The number of carbonyl (C=O) groups is 1. The predicted octanol–water partition coefficient (Wildman–Crippen LogP) is 3.47. The first-order valence-electron chi connectivity index (χ1n) is 7.77. The van der Waals surface area contributed by atoms with Crippen LogP contribution >= 0.6 is 0 Å². The van der Waals surface area contributed by atoms with Crippen molar-refractivity contribution < 1.29 is 9.90 Å². The van der Waals surface area contributed by atoms with E-state index >= 15 is 0 Å². The van der Waals surface area contributed by atoms with Gasteiger partial charge in [0.05, 0.1) is 5.92 Å². The average Bonchev–Trinajstić information content (AvgIpc) is 2.86. The van der Waals surface area contributed by atoms with Gasteiger partial charge in [-0.25, -0.2) is 0 Å². The molecule has 2 unspecified atom stereocenters. The van der Waals surface area contributed by atoms with E-state index in [9.17, 15) is 9.90 Å². The molecule has 1 aromatic carbocycles. The SMILES string of the molecule is CC(C(=O)O)C1Cc2ccccc2N1C1CCCCC1. The highest BCUT2D eigenvalue weighted by Gasteiger charge is 2.39. The van der Waals surface area contributed by atoms with Crippen molar-refractivity contribution in [3.63, 3.8) is 0 Å². The fourth-order valence-electron chi connectivity index (χ4n) is 3.85. The standard InChI is InChI=1S/C17H23NO2/c1-12(17(19)20)16-11-13-7-5-6-10-15(13)18(16)14-8-3-2-4-9-14/h5-7,10,12,14,16H,2-4,8-9,11H2,1H3,(H,19,20). The van der Waals surface area contributed by atoms with Crippen LogP contribution in [0.2, 0.25) is 0 Å². The molecule has 0 radical (unpaired) electrons. The third-order valence-electron chi connectivity index (χ3n) is 4.99. The Balaban J connectivity index is 1.93. The van der Waals surface area contributed by atoms with E-state index in [0.29, 0.717) is 6.04 Å². The first-order chi connectivity index (χ1) is 9.68. The van der Waals surface area contributed by atoms with Gasteiger partial charge in [-0.15, -0.1) is 0 Å². The van der Waals surface area contributed by atoms with Gasteiger partial charge >= 0.3 is 5.97 Å². The van der Waals surface area contributed by atoms with Crippen LogP contribution in [0, 0.1) is 5.92 Å². The predicted molar refractivity (Wildman–Crippen MR) is 80.1 cm³/mol.